The van der Waals surface area contributed by atoms with Crippen LogP contribution in [0.15, 0.2) is 24.3 Å². The number of carbonyl (C=O) groups excluding carboxylic acids is 2. The smallest absolute Gasteiger partial charge is 0.306 e. The van der Waals surface area contributed by atoms with Gasteiger partial charge in [-0.1, -0.05) is 45.0 Å². The summed E-state index contributed by atoms with van der Waals surface area (Å²) < 4.78 is 5.14. The fraction of sp³-hybridized carbons (Fsp3) is 0.667. The minimum Gasteiger partial charge on any atom is -0.465 e. The van der Waals surface area contributed by atoms with Gasteiger partial charge in [0.05, 0.1) is 13.0 Å². The van der Waals surface area contributed by atoms with Gasteiger partial charge in [-0.3, -0.25) is 9.59 Å². The maximum absolute atomic E-state index is 13.0. The molecule has 0 N–H and O–H groups in total. The van der Waals surface area contributed by atoms with Crippen molar-refractivity contribution >= 4 is 11.9 Å². The van der Waals surface area contributed by atoms with Crippen molar-refractivity contribution in [2.45, 2.75) is 77.2 Å². The fourth-order valence-corrected chi connectivity index (χ4v) is 5.36. The molecular formula is C24H33NO3. The maximum atomic E-state index is 13.0. The molecule has 4 nitrogen and oxygen atoms in total. The minimum atomic E-state index is -0.0995. The summed E-state index contributed by atoms with van der Waals surface area (Å²) in [7, 11) is 0. The van der Waals surface area contributed by atoms with E-state index in [1.54, 1.807) is 0 Å². The first-order chi connectivity index (χ1) is 13.2. The number of likely N-dealkylation sites (tertiary alicyclic amines) is 1. The minimum absolute atomic E-state index is 0.0354. The highest BCUT2D eigenvalue weighted by Crippen LogP contribution is 2.52. The number of nitrogens with zero attached hydrogens (tertiary/aromatic N) is 1. The van der Waals surface area contributed by atoms with Gasteiger partial charge in [-0.25, -0.2) is 0 Å². The van der Waals surface area contributed by atoms with Gasteiger partial charge in [0.2, 0.25) is 5.91 Å². The van der Waals surface area contributed by atoms with Gasteiger partial charge in [-0.2, -0.15) is 0 Å². The van der Waals surface area contributed by atoms with Crippen molar-refractivity contribution in [3.63, 3.8) is 0 Å². The van der Waals surface area contributed by atoms with Crippen LogP contribution >= 0.6 is 0 Å². The third-order valence-corrected chi connectivity index (χ3v) is 7.15. The number of hydrogen-bond acceptors (Lipinski definition) is 3. The van der Waals surface area contributed by atoms with Crippen LogP contribution in [0.25, 0.3) is 0 Å². The molecule has 4 rings (SSSR count). The van der Waals surface area contributed by atoms with Crippen LogP contribution in [0.5, 0.6) is 0 Å². The molecule has 1 aromatic rings. The molecule has 0 aromatic heterocycles. The summed E-state index contributed by atoms with van der Waals surface area (Å²) >= 11 is 0. The lowest BCUT2D eigenvalue weighted by Gasteiger charge is -2.46. The first-order valence-corrected chi connectivity index (χ1v) is 10.7. The quantitative estimate of drug-likeness (QED) is 0.710. The van der Waals surface area contributed by atoms with Gasteiger partial charge in [0, 0.05) is 23.9 Å². The van der Waals surface area contributed by atoms with Gasteiger partial charge in [0.1, 0.15) is 0 Å². The highest BCUT2D eigenvalue weighted by Gasteiger charge is 2.53. The summed E-state index contributed by atoms with van der Waals surface area (Å²) in [6, 6.07) is 9.27. The highest BCUT2D eigenvalue weighted by molar-refractivity contribution is 5.81. The zero-order valence-corrected chi connectivity index (χ0v) is 17.7. The Kier molecular flexibility index (Phi) is 4.79. The van der Waals surface area contributed by atoms with Crippen LogP contribution in [0.3, 0.4) is 0 Å². The van der Waals surface area contributed by atoms with E-state index < -0.39 is 0 Å². The zero-order chi connectivity index (χ0) is 20.1. The Bertz CT molecular complexity index is 772. The van der Waals surface area contributed by atoms with Crippen LogP contribution in [0.2, 0.25) is 0 Å². The molecule has 3 fully saturated rings. The third-order valence-electron chi connectivity index (χ3n) is 7.15. The predicted molar refractivity (Wildman–Crippen MR) is 109 cm³/mol. The van der Waals surface area contributed by atoms with E-state index in [0.717, 1.165) is 32.2 Å². The van der Waals surface area contributed by atoms with E-state index in [0.29, 0.717) is 24.9 Å². The van der Waals surface area contributed by atoms with Gasteiger partial charge >= 0.3 is 5.97 Å². The monoisotopic (exact) mass is 383 g/mol. The van der Waals surface area contributed by atoms with Crippen LogP contribution in [0, 0.1) is 11.3 Å². The fourth-order valence-electron chi connectivity index (χ4n) is 5.36. The van der Waals surface area contributed by atoms with E-state index in [-0.39, 0.29) is 28.8 Å². The molecule has 2 atom stereocenters. The predicted octanol–water partition coefficient (Wildman–Crippen LogP) is 4.42. The van der Waals surface area contributed by atoms with Crippen molar-refractivity contribution in [3.8, 4) is 0 Å². The Morgan fingerprint density at radius 2 is 2.00 bits per heavy atom. The molecule has 0 radical (unpaired) electrons. The summed E-state index contributed by atoms with van der Waals surface area (Å²) in [5.74, 6) is 0.796. The average Bonchev–Trinajstić information content (AvgIpc) is 3.01. The number of piperidine rings is 1. The molecule has 1 aromatic carbocycles. The van der Waals surface area contributed by atoms with E-state index in [9.17, 15) is 9.59 Å². The summed E-state index contributed by atoms with van der Waals surface area (Å²) in [6.07, 6.45) is 4.19. The van der Waals surface area contributed by atoms with Crippen LogP contribution in [-0.2, 0) is 19.7 Å². The Balaban J connectivity index is 1.37. The maximum Gasteiger partial charge on any atom is 0.306 e. The molecule has 2 heterocycles. The van der Waals surface area contributed by atoms with Crippen molar-refractivity contribution in [2.75, 3.05) is 13.2 Å². The molecule has 1 saturated carbocycles. The molecule has 1 aliphatic carbocycles. The van der Waals surface area contributed by atoms with Crippen molar-refractivity contribution < 1.29 is 14.3 Å². The number of amides is 1. The van der Waals surface area contributed by atoms with Gasteiger partial charge < -0.3 is 9.64 Å². The molecule has 28 heavy (non-hydrogen) atoms. The second kappa shape index (κ2) is 6.89. The third kappa shape index (κ3) is 3.58. The van der Waals surface area contributed by atoms with Crippen molar-refractivity contribution in [2.24, 2.45) is 11.3 Å². The van der Waals surface area contributed by atoms with Gasteiger partial charge in [-0.15, -0.1) is 0 Å². The molecule has 2 aliphatic heterocycles. The molecule has 3 aliphatic rings. The van der Waals surface area contributed by atoms with E-state index in [2.05, 4.69) is 56.9 Å². The summed E-state index contributed by atoms with van der Waals surface area (Å²) in [6.45, 7) is 10.3. The summed E-state index contributed by atoms with van der Waals surface area (Å²) in [4.78, 5) is 26.6. The van der Waals surface area contributed by atoms with Gasteiger partial charge in [0.15, 0.2) is 0 Å². The van der Waals surface area contributed by atoms with Crippen LogP contribution in [0.1, 0.15) is 76.8 Å². The average molecular weight is 384 g/mol. The molecule has 2 saturated heterocycles. The molecular weight excluding hydrogens is 350 g/mol. The SMILES string of the molecule is C[C@H]1C[C@@H](c2cccc(C(C)(C)C)c2)CCN1C(=O)C1CC2(COC(=O)C2)C1. The lowest BCUT2D eigenvalue weighted by molar-refractivity contribution is -0.147. The van der Waals surface area contributed by atoms with Crippen molar-refractivity contribution in [3.05, 3.63) is 35.4 Å². The van der Waals surface area contributed by atoms with Crippen LogP contribution in [0.4, 0.5) is 0 Å². The van der Waals surface area contributed by atoms with Gasteiger partial charge in [0.25, 0.3) is 0 Å². The second-order valence-electron chi connectivity index (χ2n) is 10.4. The number of rotatable bonds is 2. The Labute approximate surface area is 168 Å². The first kappa shape index (κ1) is 19.5. The largest absolute Gasteiger partial charge is 0.465 e. The van der Waals surface area contributed by atoms with E-state index in [4.69, 9.17) is 4.74 Å². The van der Waals surface area contributed by atoms with E-state index >= 15 is 0 Å². The topological polar surface area (TPSA) is 46.6 Å². The highest BCUT2D eigenvalue weighted by atomic mass is 16.5. The number of ether oxygens (including phenoxy) is 1. The number of benzene rings is 1. The molecule has 1 spiro atoms. The lowest BCUT2D eigenvalue weighted by atomic mass is 9.61. The molecule has 0 unspecified atom stereocenters. The van der Waals surface area contributed by atoms with Gasteiger partial charge in [-0.05, 0) is 55.1 Å². The lowest BCUT2D eigenvalue weighted by Crippen LogP contribution is -2.52. The van der Waals surface area contributed by atoms with Crippen LogP contribution in [-0.4, -0.2) is 36.0 Å². The number of esters is 1. The zero-order valence-electron chi connectivity index (χ0n) is 17.7. The van der Waals surface area contributed by atoms with Crippen molar-refractivity contribution in [1.82, 2.24) is 4.90 Å². The summed E-state index contributed by atoms with van der Waals surface area (Å²) in [5.41, 5.74) is 2.91. The molecule has 0 bridgehead atoms. The Hall–Kier alpha value is -1.84. The van der Waals surface area contributed by atoms with Crippen molar-refractivity contribution in [1.29, 1.82) is 0 Å². The normalized spacial score (nSPS) is 32.9. The number of hydrogen-bond donors (Lipinski definition) is 0. The Morgan fingerprint density at radius 3 is 2.61 bits per heavy atom. The first-order valence-electron chi connectivity index (χ1n) is 10.7. The van der Waals surface area contributed by atoms with Crippen LogP contribution < -0.4 is 0 Å². The summed E-state index contributed by atoms with van der Waals surface area (Å²) in [5, 5.41) is 0. The molecule has 4 heteroatoms. The standard InChI is InChI=1S/C24H33NO3/c1-16-10-18(17-6-5-7-20(11-17)23(2,3)4)8-9-25(16)22(27)19-12-24(13-19)14-21(26)28-15-24/h5-7,11,16,18-19H,8-10,12-15H2,1-4H3/t16-,18-,19?,24?/m0/s1. The van der Waals surface area contributed by atoms with E-state index in [1.807, 2.05) is 0 Å². The number of carbonyl (C=O) groups is 2. The molecule has 152 valence electrons. The second-order valence-corrected chi connectivity index (χ2v) is 10.4. The molecule has 1 amide bonds. The van der Waals surface area contributed by atoms with E-state index in [1.165, 1.54) is 11.1 Å². The number of cyclic esters (lactones) is 1. The Morgan fingerprint density at radius 1 is 1.25 bits per heavy atom.